The Morgan fingerprint density at radius 3 is 3.15 bits per heavy atom. The number of halogens is 1. The van der Waals surface area contributed by atoms with Crippen LogP contribution in [0.2, 0.25) is 0 Å². The number of benzene rings is 1. The molecule has 0 radical (unpaired) electrons. The molecule has 1 aliphatic heterocycles. The van der Waals surface area contributed by atoms with Gasteiger partial charge in [-0.15, -0.1) is 0 Å². The molecule has 1 aromatic carbocycles. The first-order valence-electron chi connectivity index (χ1n) is 6.74. The lowest BCUT2D eigenvalue weighted by Crippen LogP contribution is -2.37. The van der Waals surface area contributed by atoms with E-state index in [1.54, 1.807) is 12.1 Å². The van der Waals surface area contributed by atoms with Gasteiger partial charge in [-0.1, -0.05) is 12.1 Å². The molecule has 20 heavy (non-hydrogen) atoms. The summed E-state index contributed by atoms with van der Waals surface area (Å²) in [5.74, 6) is -0.119. The average molecular weight is 281 g/mol. The van der Waals surface area contributed by atoms with Crippen LogP contribution in [0.5, 0.6) is 0 Å². The number of guanidine groups is 1. The third kappa shape index (κ3) is 4.47. The molecule has 4 N–H and O–H groups in total. The van der Waals surface area contributed by atoms with Crippen LogP contribution in [-0.4, -0.2) is 36.9 Å². The number of nitrogens with zero attached hydrogens (tertiary/aromatic N) is 1. The van der Waals surface area contributed by atoms with Gasteiger partial charge in [-0.05, 0) is 30.5 Å². The van der Waals surface area contributed by atoms with Crippen molar-refractivity contribution in [3.63, 3.8) is 0 Å². The zero-order valence-corrected chi connectivity index (χ0v) is 11.3. The Labute approximate surface area is 117 Å². The second kappa shape index (κ2) is 7.21. The monoisotopic (exact) mass is 281 g/mol. The Kier molecular flexibility index (Phi) is 5.31. The summed E-state index contributed by atoms with van der Waals surface area (Å²) in [7, 11) is 0. The minimum atomic E-state index is -0.867. The van der Waals surface area contributed by atoms with Crippen LogP contribution in [0.4, 0.5) is 4.39 Å². The van der Waals surface area contributed by atoms with Crippen LogP contribution < -0.4 is 11.1 Å². The Morgan fingerprint density at radius 1 is 1.60 bits per heavy atom. The molecule has 1 aliphatic rings. The van der Waals surface area contributed by atoms with Gasteiger partial charge in [-0.3, -0.25) is 4.99 Å². The number of nitrogens with one attached hydrogen (secondary N) is 1. The van der Waals surface area contributed by atoms with Crippen LogP contribution in [0.15, 0.2) is 29.3 Å². The Balaban J connectivity index is 1.78. The van der Waals surface area contributed by atoms with Gasteiger partial charge < -0.3 is 20.9 Å². The van der Waals surface area contributed by atoms with Gasteiger partial charge >= 0.3 is 0 Å². The summed E-state index contributed by atoms with van der Waals surface area (Å²) < 4.78 is 18.5. The van der Waals surface area contributed by atoms with E-state index in [0.717, 1.165) is 19.4 Å². The molecule has 0 aliphatic carbocycles. The molecule has 1 saturated heterocycles. The standard InChI is InChI=1S/C14H20FN3O2/c15-11-4-1-3-10(7-11)13(19)9-18-14(16)17-8-12-5-2-6-20-12/h1,3-4,7,12-13,19H,2,5-6,8-9H2,(H3,16,17,18). The highest BCUT2D eigenvalue weighted by atomic mass is 19.1. The second-order valence-electron chi connectivity index (χ2n) is 4.81. The molecule has 0 spiro atoms. The highest BCUT2D eigenvalue weighted by Gasteiger charge is 2.15. The van der Waals surface area contributed by atoms with E-state index in [-0.39, 0.29) is 24.4 Å². The van der Waals surface area contributed by atoms with E-state index in [4.69, 9.17) is 10.5 Å². The molecule has 2 atom stereocenters. The SMILES string of the molecule is NC(=NCC(O)c1cccc(F)c1)NCC1CCCO1. The van der Waals surface area contributed by atoms with E-state index in [0.29, 0.717) is 12.1 Å². The van der Waals surface area contributed by atoms with Crippen molar-refractivity contribution < 1.29 is 14.2 Å². The molecule has 0 saturated carbocycles. The molecule has 2 rings (SSSR count). The lowest BCUT2D eigenvalue weighted by Gasteiger charge is -2.12. The summed E-state index contributed by atoms with van der Waals surface area (Å²) in [6.45, 7) is 1.50. The minimum absolute atomic E-state index is 0.0911. The predicted octanol–water partition coefficient (Wildman–Crippen LogP) is 0.942. The van der Waals surface area contributed by atoms with Gasteiger partial charge in [0.2, 0.25) is 0 Å². The molecular formula is C14H20FN3O2. The molecule has 0 amide bonds. The maximum Gasteiger partial charge on any atom is 0.188 e. The number of rotatable bonds is 5. The van der Waals surface area contributed by atoms with E-state index in [2.05, 4.69) is 10.3 Å². The van der Waals surface area contributed by atoms with Gasteiger partial charge in [0, 0.05) is 13.2 Å². The van der Waals surface area contributed by atoms with Crippen LogP contribution in [0.3, 0.4) is 0 Å². The van der Waals surface area contributed by atoms with Crippen LogP contribution >= 0.6 is 0 Å². The topological polar surface area (TPSA) is 79.9 Å². The van der Waals surface area contributed by atoms with Gasteiger partial charge in [0.25, 0.3) is 0 Å². The third-order valence-corrected chi connectivity index (χ3v) is 3.20. The van der Waals surface area contributed by atoms with Crippen LogP contribution in [0.25, 0.3) is 0 Å². The van der Waals surface area contributed by atoms with E-state index in [1.807, 2.05) is 0 Å². The maximum atomic E-state index is 13.0. The summed E-state index contributed by atoms with van der Waals surface area (Å²) in [6.07, 6.45) is 1.40. The van der Waals surface area contributed by atoms with Crippen molar-refractivity contribution in [2.24, 2.45) is 10.7 Å². The predicted molar refractivity (Wildman–Crippen MR) is 74.8 cm³/mol. The number of hydrogen-bond acceptors (Lipinski definition) is 3. The van der Waals surface area contributed by atoms with Crippen molar-refractivity contribution in [2.75, 3.05) is 19.7 Å². The van der Waals surface area contributed by atoms with Crippen molar-refractivity contribution in [2.45, 2.75) is 25.0 Å². The molecular weight excluding hydrogens is 261 g/mol. The van der Waals surface area contributed by atoms with Crippen molar-refractivity contribution in [1.29, 1.82) is 0 Å². The van der Waals surface area contributed by atoms with Crippen molar-refractivity contribution in [3.05, 3.63) is 35.6 Å². The van der Waals surface area contributed by atoms with E-state index >= 15 is 0 Å². The highest BCUT2D eigenvalue weighted by Crippen LogP contribution is 2.14. The molecule has 1 fully saturated rings. The number of hydrogen-bond donors (Lipinski definition) is 3. The van der Waals surface area contributed by atoms with Gasteiger partial charge in [0.05, 0.1) is 18.8 Å². The summed E-state index contributed by atoms with van der Waals surface area (Å²) in [6, 6.07) is 5.82. The first-order valence-corrected chi connectivity index (χ1v) is 6.74. The largest absolute Gasteiger partial charge is 0.386 e. The molecule has 110 valence electrons. The van der Waals surface area contributed by atoms with E-state index < -0.39 is 6.10 Å². The number of aliphatic hydroxyl groups is 1. The average Bonchev–Trinajstić information content (AvgIpc) is 2.95. The first kappa shape index (κ1) is 14.7. The first-order chi connectivity index (χ1) is 9.65. The minimum Gasteiger partial charge on any atom is -0.386 e. The van der Waals surface area contributed by atoms with E-state index in [1.165, 1.54) is 12.1 Å². The van der Waals surface area contributed by atoms with Gasteiger partial charge in [0.15, 0.2) is 5.96 Å². The summed E-state index contributed by atoms with van der Waals surface area (Å²) in [4.78, 5) is 4.05. The van der Waals surface area contributed by atoms with Crippen molar-refractivity contribution >= 4 is 5.96 Å². The summed E-state index contributed by atoms with van der Waals surface area (Å²) in [5.41, 5.74) is 6.19. The molecule has 0 bridgehead atoms. The lowest BCUT2D eigenvalue weighted by atomic mass is 10.1. The fourth-order valence-corrected chi connectivity index (χ4v) is 2.08. The van der Waals surface area contributed by atoms with Crippen LogP contribution in [0, 0.1) is 5.82 Å². The van der Waals surface area contributed by atoms with E-state index in [9.17, 15) is 9.50 Å². The molecule has 2 unspecified atom stereocenters. The fourth-order valence-electron chi connectivity index (χ4n) is 2.08. The number of aliphatic hydroxyl groups excluding tert-OH is 1. The lowest BCUT2D eigenvalue weighted by molar-refractivity contribution is 0.114. The fraction of sp³-hybridized carbons (Fsp3) is 0.500. The van der Waals surface area contributed by atoms with Crippen LogP contribution in [0.1, 0.15) is 24.5 Å². The smallest absolute Gasteiger partial charge is 0.188 e. The quantitative estimate of drug-likeness (QED) is 0.554. The van der Waals surface area contributed by atoms with Gasteiger partial charge in [-0.25, -0.2) is 4.39 Å². The Morgan fingerprint density at radius 2 is 2.45 bits per heavy atom. The normalized spacial score (nSPS) is 20.9. The second-order valence-corrected chi connectivity index (χ2v) is 4.81. The zero-order valence-electron chi connectivity index (χ0n) is 11.3. The summed E-state index contributed by atoms with van der Waals surface area (Å²) >= 11 is 0. The Bertz CT molecular complexity index is 461. The Hall–Kier alpha value is -1.66. The number of aliphatic imine (C=N–C) groups is 1. The zero-order chi connectivity index (χ0) is 14.4. The molecule has 6 heteroatoms. The van der Waals surface area contributed by atoms with Crippen LogP contribution in [-0.2, 0) is 4.74 Å². The third-order valence-electron chi connectivity index (χ3n) is 3.20. The number of nitrogens with two attached hydrogens (primary N) is 1. The molecule has 5 nitrogen and oxygen atoms in total. The maximum absolute atomic E-state index is 13.0. The molecule has 1 aromatic rings. The molecule has 0 aromatic heterocycles. The van der Waals surface area contributed by atoms with Crippen molar-refractivity contribution in [1.82, 2.24) is 5.32 Å². The summed E-state index contributed by atoms with van der Waals surface area (Å²) in [5, 5.41) is 12.9. The van der Waals surface area contributed by atoms with Crippen molar-refractivity contribution in [3.8, 4) is 0 Å². The number of ether oxygens (including phenoxy) is 1. The highest BCUT2D eigenvalue weighted by molar-refractivity contribution is 5.77. The van der Waals surface area contributed by atoms with Gasteiger partial charge in [-0.2, -0.15) is 0 Å². The molecule has 1 heterocycles. The van der Waals surface area contributed by atoms with Gasteiger partial charge in [0.1, 0.15) is 5.82 Å².